The molecular weight excluding hydrogens is 322 g/mol. The Kier molecular flexibility index (Phi) is 4.79. The fourth-order valence-corrected chi connectivity index (χ4v) is 2.58. The number of hydrogen-bond donors (Lipinski definition) is 1. The van der Waals surface area contributed by atoms with E-state index in [1.54, 1.807) is 36.4 Å². The van der Waals surface area contributed by atoms with Crippen LogP contribution < -0.4 is 10.1 Å². The molecule has 0 unspecified atom stereocenters. The van der Waals surface area contributed by atoms with Gasteiger partial charge in [0.15, 0.2) is 12.4 Å². The number of benzene rings is 2. The predicted octanol–water partition coefficient (Wildman–Crippen LogP) is 2.62. The largest absolute Gasteiger partial charge is 0.493 e. The molecule has 1 heterocycles. The third kappa shape index (κ3) is 4.03. The summed E-state index contributed by atoms with van der Waals surface area (Å²) in [4.78, 5) is 35.4. The summed E-state index contributed by atoms with van der Waals surface area (Å²) in [6.07, 6.45) is 0.770. The van der Waals surface area contributed by atoms with Crippen LogP contribution in [0, 0.1) is 0 Å². The number of ether oxygens (including phenoxy) is 2. The van der Waals surface area contributed by atoms with Crippen molar-refractivity contribution in [2.45, 2.75) is 13.3 Å². The van der Waals surface area contributed by atoms with Gasteiger partial charge in [-0.25, -0.2) is 4.79 Å². The van der Waals surface area contributed by atoms with Crippen molar-refractivity contribution in [3.8, 4) is 5.75 Å². The number of anilines is 1. The fourth-order valence-electron chi connectivity index (χ4n) is 2.58. The van der Waals surface area contributed by atoms with Crippen molar-refractivity contribution in [2.24, 2.45) is 0 Å². The molecule has 0 radical (unpaired) electrons. The van der Waals surface area contributed by atoms with E-state index >= 15 is 0 Å². The number of esters is 1. The van der Waals surface area contributed by atoms with E-state index in [0.717, 1.165) is 17.7 Å². The van der Waals surface area contributed by atoms with Crippen LogP contribution >= 0.6 is 0 Å². The molecule has 128 valence electrons. The van der Waals surface area contributed by atoms with E-state index in [1.165, 1.54) is 13.0 Å². The van der Waals surface area contributed by atoms with Crippen molar-refractivity contribution in [3.05, 3.63) is 59.2 Å². The molecule has 0 spiro atoms. The first-order chi connectivity index (χ1) is 12.0. The lowest BCUT2D eigenvalue weighted by Gasteiger charge is -2.07. The highest BCUT2D eigenvalue weighted by atomic mass is 16.5. The van der Waals surface area contributed by atoms with Gasteiger partial charge in [0.05, 0.1) is 12.2 Å². The molecule has 6 heteroatoms. The van der Waals surface area contributed by atoms with Crippen LogP contribution in [0.15, 0.2) is 42.5 Å². The first-order valence-electron chi connectivity index (χ1n) is 7.86. The summed E-state index contributed by atoms with van der Waals surface area (Å²) in [5.74, 6) is -0.337. The van der Waals surface area contributed by atoms with Gasteiger partial charge in [0, 0.05) is 24.6 Å². The number of carbonyl (C=O) groups excluding carboxylic acids is 3. The monoisotopic (exact) mass is 339 g/mol. The minimum atomic E-state index is -0.620. The SMILES string of the molecule is CC(=O)Nc1cccc(C(=O)OCC(=O)c2ccc3c(c2)CCO3)c1. The Hall–Kier alpha value is -3.15. The van der Waals surface area contributed by atoms with Crippen LogP contribution in [0.25, 0.3) is 0 Å². The molecule has 0 saturated heterocycles. The van der Waals surface area contributed by atoms with Crippen molar-refractivity contribution >= 4 is 23.3 Å². The summed E-state index contributed by atoms with van der Waals surface area (Å²) in [6, 6.07) is 11.5. The highest BCUT2D eigenvalue weighted by Crippen LogP contribution is 2.26. The second kappa shape index (κ2) is 7.17. The zero-order chi connectivity index (χ0) is 17.8. The van der Waals surface area contributed by atoms with Gasteiger partial charge in [-0.3, -0.25) is 9.59 Å². The molecule has 1 aliphatic rings. The first-order valence-corrected chi connectivity index (χ1v) is 7.86. The van der Waals surface area contributed by atoms with Crippen molar-refractivity contribution in [1.29, 1.82) is 0 Å². The third-order valence-electron chi connectivity index (χ3n) is 3.76. The van der Waals surface area contributed by atoms with Crippen LogP contribution in [0.5, 0.6) is 5.75 Å². The molecule has 3 rings (SSSR count). The molecule has 0 saturated carbocycles. The number of amides is 1. The Morgan fingerprint density at radius 1 is 1.12 bits per heavy atom. The highest BCUT2D eigenvalue weighted by molar-refractivity contribution is 6.00. The van der Waals surface area contributed by atoms with E-state index in [-0.39, 0.29) is 23.9 Å². The summed E-state index contributed by atoms with van der Waals surface area (Å²) >= 11 is 0. The maximum atomic E-state index is 12.2. The maximum absolute atomic E-state index is 12.2. The maximum Gasteiger partial charge on any atom is 0.338 e. The molecule has 6 nitrogen and oxygen atoms in total. The lowest BCUT2D eigenvalue weighted by Crippen LogP contribution is -2.15. The van der Waals surface area contributed by atoms with E-state index in [0.29, 0.717) is 17.9 Å². The number of carbonyl (C=O) groups is 3. The molecule has 1 amide bonds. The van der Waals surface area contributed by atoms with Crippen LogP contribution in [0.3, 0.4) is 0 Å². The highest BCUT2D eigenvalue weighted by Gasteiger charge is 2.17. The van der Waals surface area contributed by atoms with E-state index < -0.39 is 5.97 Å². The van der Waals surface area contributed by atoms with Gasteiger partial charge in [-0.2, -0.15) is 0 Å². The van der Waals surface area contributed by atoms with E-state index in [2.05, 4.69) is 5.32 Å². The quantitative estimate of drug-likeness (QED) is 0.669. The van der Waals surface area contributed by atoms with Crippen LogP contribution in [0.1, 0.15) is 33.2 Å². The molecule has 0 bridgehead atoms. The van der Waals surface area contributed by atoms with E-state index in [1.807, 2.05) is 0 Å². The zero-order valence-electron chi connectivity index (χ0n) is 13.7. The van der Waals surface area contributed by atoms with Gasteiger partial charge in [0.25, 0.3) is 0 Å². The Labute approximate surface area is 144 Å². The Bertz CT molecular complexity index is 843. The number of rotatable bonds is 5. The molecule has 25 heavy (non-hydrogen) atoms. The number of Topliss-reactive ketones (excluding diaryl/α,β-unsaturated/α-hetero) is 1. The Morgan fingerprint density at radius 2 is 1.96 bits per heavy atom. The standard InChI is InChI=1S/C19H17NO5/c1-12(21)20-16-4-2-3-15(10-16)19(23)25-11-17(22)13-5-6-18-14(9-13)7-8-24-18/h2-6,9-10H,7-8,11H2,1H3,(H,20,21). The lowest BCUT2D eigenvalue weighted by molar-refractivity contribution is -0.114. The fraction of sp³-hybridized carbons (Fsp3) is 0.211. The molecule has 0 atom stereocenters. The molecular formula is C19H17NO5. The molecule has 0 fully saturated rings. The van der Waals surface area contributed by atoms with Crippen molar-refractivity contribution in [3.63, 3.8) is 0 Å². The van der Waals surface area contributed by atoms with E-state index in [4.69, 9.17) is 9.47 Å². The van der Waals surface area contributed by atoms with Crippen molar-refractivity contribution in [2.75, 3.05) is 18.5 Å². The van der Waals surface area contributed by atoms with Crippen LogP contribution in [0.2, 0.25) is 0 Å². The zero-order valence-corrected chi connectivity index (χ0v) is 13.7. The van der Waals surface area contributed by atoms with Gasteiger partial charge in [-0.1, -0.05) is 6.07 Å². The summed E-state index contributed by atoms with van der Waals surface area (Å²) < 4.78 is 10.5. The second-order valence-electron chi connectivity index (χ2n) is 5.68. The molecule has 0 aromatic heterocycles. The normalized spacial score (nSPS) is 12.0. The number of nitrogens with one attached hydrogen (secondary N) is 1. The summed E-state index contributed by atoms with van der Waals surface area (Å²) in [5, 5.41) is 2.59. The van der Waals surface area contributed by atoms with Gasteiger partial charge >= 0.3 is 5.97 Å². The number of hydrogen-bond acceptors (Lipinski definition) is 5. The molecule has 1 aliphatic heterocycles. The molecule has 1 N–H and O–H groups in total. The van der Waals surface area contributed by atoms with Gasteiger partial charge in [0.2, 0.25) is 5.91 Å². The first kappa shape index (κ1) is 16.7. The van der Waals surface area contributed by atoms with Gasteiger partial charge in [-0.15, -0.1) is 0 Å². The Balaban J connectivity index is 1.62. The smallest absolute Gasteiger partial charge is 0.338 e. The van der Waals surface area contributed by atoms with Crippen molar-refractivity contribution < 1.29 is 23.9 Å². The predicted molar refractivity (Wildman–Crippen MR) is 91.0 cm³/mol. The molecule has 0 aliphatic carbocycles. The van der Waals surface area contributed by atoms with E-state index in [9.17, 15) is 14.4 Å². The second-order valence-corrected chi connectivity index (χ2v) is 5.68. The lowest BCUT2D eigenvalue weighted by atomic mass is 10.1. The van der Waals surface area contributed by atoms with Gasteiger partial charge in [-0.05, 0) is 42.0 Å². The number of fused-ring (bicyclic) bond motifs is 1. The Morgan fingerprint density at radius 3 is 2.76 bits per heavy atom. The number of ketones is 1. The van der Waals surface area contributed by atoms with Crippen LogP contribution in [-0.2, 0) is 16.0 Å². The summed E-state index contributed by atoms with van der Waals surface area (Å²) in [5.41, 5.74) is 2.23. The summed E-state index contributed by atoms with van der Waals surface area (Å²) in [6.45, 7) is 1.65. The van der Waals surface area contributed by atoms with Crippen LogP contribution in [0.4, 0.5) is 5.69 Å². The topological polar surface area (TPSA) is 81.7 Å². The molecule has 2 aromatic carbocycles. The van der Waals surface area contributed by atoms with Gasteiger partial charge in [0.1, 0.15) is 5.75 Å². The minimum absolute atomic E-state index is 0.235. The summed E-state index contributed by atoms with van der Waals surface area (Å²) in [7, 11) is 0. The average Bonchev–Trinajstić information content (AvgIpc) is 3.06. The van der Waals surface area contributed by atoms with Crippen LogP contribution in [-0.4, -0.2) is 30.9 Å². The minimum Gasteiger partial charge on any atom is -0.493 e. The van der Waals surface area contributed by atoms with Gasteiger partial charge < -0.3 is 14.8 Å². The third-order valence-corrected chi connectivity index (χ3v) is 3.76. The average molecular weight is 339 g/mol. The van der Waals surface area contributed by atoms with Crippen molar-refractivity contribution in [1.82, 2.24) is 0 Å². The molecule has 2 aromatic rings.